The Hall–Kier alpha value is -3.50. The fourth-order valence-corrected chi connectivity index (χ4v) is 5.26. The van der Waals surface area contributed by atoms with Crippen LogP contribution in [0.1, 0.15) is 28.1 Å². The summed E-state index contributed by atoms with van der Waals surface area (Å²) in [6, 6.07) is 17.9. The minimum absolute atomic E-state index is 0.0159. The zero-order valence-corrected chi connectivity index (χ0v) is 19.9. The lowest BCUT2D eigenvalue weighted by Crippen LogP contribution is -2.45. The van der Waals surface area contributed by atoms with Crippen molar-refractivity contribution in [2.75, 3.05) is 11.9 Å². The van der Waals surface area contributed by atoms with Crippen LogP contribution in [-0.2, 0) is 21.2 Å². The number of amides is 2. The van der Waals surface area contributed by atoms with Crippen molar-refractivity contribution >= 4 is 44.7 Å². The van der Waals surface area contributed by atoms with Crippen LogP contribution >= 0.6 is 11.3 Å². The molecule has 2 amide bonds. The molecular formula is C24H24N4O4S2. The number of hydrogen-bond acceptors (Lipinski definition) is 6. The quantitative estimate of drug-likeness (QED) is 0.444. The van der Waals surface area contributed by atoms with Gasteiger partial charge in [0.25, 0.3) is 15.9 Å². The van der Waals surface area contributed by atoms with E-state index in [9.17, 15) is 18.0 Å². The standard InChI is InChI=1S/C24H24N4O4S2/c29-23(20(15-17-7-2-1-3-8-17)27-24(30)21-11-6-14-33-21)26-18-9-4-10-19(16-18)34(31,32)28-22-12-5-13-25-22/h1-4,6-11,14,16,20H,5,12-13,15H2,(H,25,28)(H,26,29)(H,27,30). The largest absolute Gasteiger partial charge is 0.339 e. The lowest BCUT2D eigenvalue weighted by molar-refractivity contribution is -0.118. The minimum atomic E-state index is -3.82. The highest BCUT2D eigenvalue weighted by atomic mass is 32.2. The molecule has 10 heteroatoms. The highest BCUT2D eigenvalue weighted by Crippen LogP contribution is 2.18. The highest BCUT2D eigenvalue weighted by molar-refractivity contribution is 7.90. The second-order valence-corrected chi connectivity index (χ2v) is 10.4. The second-order valence-electron chi connectivity index (χ2n) is 7.75. The monoisotopic (exact) mass is 496 g/mol. The molecule has 0 bridgehead atoms. The van der Waals surface area contributed by atoms with Gasteiger partial charge >= 0.3 is 0 Å². The van der Waals surface area contributed by atoms with E-state index in [1.807, 2.05) is 30.3 Å². The average Bonchev–Trinajstić information content (AvgIpc) is 3.54. The van der Waals surface area contributed by atoms with Crippen LogP contribution in [0.15, 0.2) is 82.0 Å². The predicted octanol–water partition coefficient (Wildman–Crippen LogP) is 3.20. The molecule has 176 valence electrons. The molecule has 1 aliphatic rings. The number of rotatable bonds is 8. The molecule has 8 nitrogen and oxygen atoms in total. The van der Waals surface area contributed by atoms with Crippen molar-refractivity contribution < 1.29 is 18.0 Å². The second kappa shape index (κ2) is 10.6. The number of nitrogens with one attached hydrogen (secondary N) is 3. The van der Waals surface area contributed by atoms with Crippen molar-refractivity contribution in [1.82, 2.24) is 10.0 Å². The third kappa shape index (κ3) is 6.09. The van der Waals surface area contributed by atoms with E-state index in [2.05, 4.69) is 20.3 Å². The van der Waals surface area contributed by atoms with Gasteiger partial charge in [-0.2, -0.15) is 0 Å². The maximum absolute atomic E-state index is 13.2. The van der Waals surface area contributed by atoms with Crippen molar-refractivity contribution in [1.29, 1.82) is 0 Å². The lowest BCUT2D eigenvalue weighted by Gasteiger charge is -2.19. The Bertz CT molecular complexity index is 1290. The van der Waals surface area contributed by atoms with Crippen LogP contribution in [0, 0.1) is 0 Å². The van der Waals surface area contributed by atoms with E-state index in [0.717, 1.165) is 12.0 Å². The summed E-state index contributed by atoms with van der Waals surface area (Å²) in [7, 11) is -3.82. The third-order valence-electron chi connectivity index (χ3n) is 5.19. The molecule has 0 saturated heterocycles. The molecular weight excluding hydrogens is 472 g/mol. The first-order valence-corrected chi connectivity index (χ1v) is 13.1. The van der Waals surface area contributed by atoms with E-state index < -0.39 is 22.0 Å². The normalized spacial score (nSPS) is 14.2. The van der Waals surface area contributed by atoms with Crippen LogP contribution in [0.5, 0.6) is 0 Å². The Kier molecular flexibility index (Phi) is 7.39. The molecule has 2 heterocycles. The summed E-state index contributed by atoms with van der Waals surface area (Å²) in [6.45, 7) is 0.605. The Morgan fingerprint density at radius 1 is 1.03 bits per heavy atom. The SMILES string of the molecule is O=C(NC(Cc1ccccc1)C(=O)Nc1cccc(S(=O)(=O)NC2=NCCC2)c1)c1cccs1. The van der Waals surface area contributed by atoms with Crippen molar-refractivity contribution in [3.8, 4) is 0 Å². The van der Waals surface area contributed by atoms with Gasteiger partial charge in [-0.3, -0.25) is 19.3 Å². The van der Waals surface area contributed by atoms with E-state index >= 15 is 0 Å². The van der Waals surface area contributed by atoms with E-state index in [1.165, 1.54) is 23.5 Å². The number of sulfonamides is 1. The Labute approximate surface area is 202 Å². The summed E-state index contributed by atoms with van der Waals surface area (Å²) in [5.74, 6) is -0.353. The van der Waals surface area contributed by atoms with Crippen LogP contribution in [0.25, 0.3) is 0 Å². The number of aliphatic imine (C=N–C) groups is 1. The smallest absolute Gasteiger partial charge is 0.262 e. The van der Waals surface area contributed by atoms with Crippen molar-refractivity contribution in [2.24, 2.45) is 4.99 Å². The number of benzene rings is 2. The predicted molar refractivity (Wildman–Crippen MR) is 133 cm³/mol. The van der Waals surface area contributed by atoms with Crippen molar-refractivity contribution in [2.45, 2.75) is 30.2 Å². The van der Waals surface area contributed by atoms with Gasteiger partial charge in [0, 0.05) is 25.1 Å². The van der Waals surface area contributed by atoms with Gasteiger partial charge in [0.15, 0.2) is 0 Å². The Balaban J connectivity index is 1.51. The molecule has 0 fully saturated rings. The molecule has 0 saturated carbocycles. The van der Waals surface area contributed by atoms with Gasteiger partial charge in [-0.1, -0.05) is 42.5 Å². The molecule has 3 aromatic rings. The van der Waals surface area contributed by atoms with Crippen LogP contribution < -0.4 is 15.4 Å². The van der Waals surface area contributed by atoms with E-state index in [0.29, 0.717) is 29.4 Å². The fourth-order valence-electron chi connectivity index (χ4n) is 3.50. The zero-order valence-electron chi connectivity index (χ0n) is 18.2. The van der Waals surface area contributed by atoms with E-state index in [1.54, 1.807) is 29.6 Å². The van der Waals surface area contributed by atoms with Gasteiger partial charge in [-0.25, -0.2) is 8.42 Å². The molecule has 1 aliphatic heterocycles. The van der Waals surface area contributed by atoms with Crippen LogP contribution in [0.4, 0.5) is 5.69 Å². The highest BCUT2D eigenvalue weighted by Gasteiger charge is 2.24. The molecule has 34 heavy (non-hydrogen) atoms. The summed E-state index contributed by atoms with van der Waals surface area (Å²) >= 11 is 1.29. The average molecular weight is 497 g/mol. The number of carbonyl (C=O) groups excluding carboxylic acids is 2. The Morgan fingerprint density at radius 3 is 2.56 bits per heavy atom. The molecule has 0 radical (unpaired) electrons. The first-order valence-electron chi connectivity index (χ1n) is 10.8. The van der Waals surface area contributed by atoms with Crippen LogP contribution in [0.3, 0.4) is 0 Å². The molecule has 3 N–H and O–H groups in total. The van der Waals surface area contributed by atoms with Crippen molar-refractivity contribution in [3.63, 3.8) is 0 Å². The zero-order chi connectivity index (χ0) is 24.0. The summed E-state index contributed by atoms with van der Waals surface area (Å²) in [5, 5.41) is 7.33. The minimum Gasteiger partial charge on any atom is -0.339 e. The van der Waals surface area contributed by atoms with Crippen molar-refractivity contribution in [3.05, 3.63) is 82.6 Å². The topological polar surface area (TPSA) is 117 Å². The van der Waals surface area contributed by atoms with Gasteiger partial charge in [-0.15, -0.1) is 11.3 Å². The molecule has 0 spiro atoms. The summed E-state index contributed by atoms with van der Waals surface area (Å²) in [6.07, 6.45) is 1.68. The van der Waals surface area contributed by atoms with E-state index in [-0.39, 0.29) is 17.2 Å². The molecule has 0 aliphatic carbocycles. The van der Waals surface area contributed by atoms with Gasteiger partial charge < -0.3 is 10.6 Å². The maximum atomic E-state index is 13.2. The van der Waals surface area contributed by atoms with Gasteiger partial charge in [-0.05, 0) is 41.6 Å². The molecule has 1 atom stereocenters. The van der Waals surface area contributed by atoms with Crippen LogP contribution in [0.2, 0.25) is 0 Å². The fraction of sp³-hybridized carbons (Fsp3) is 0.208. The van der Waals surface area contributed by atoms with E-state index in [4.69, 9.17) is 0 Å². The molecule has 4 rings (SSSR count). The summed E-state index contributed by atoms with van der Waals surface area (Å²) in [5.41, 5.74) is 1.19. The lowest BCUT2D eigenvalue weighted by atomic mass is 10.0. The number of thiophene rings is 1. The molecule has 2 aromatic carbocycles. The first-order chi connectivity index (χ1) is 16.4. The van der Waals surface area contributed by atoms with Crippen LogP contribution in [-0.4, -0.2) is 38.7 Å². The number of nitrogens with zero attached hydrogens (tertiary/aromatic N) is 1. The first kappa shape index (κ1) is 23.7. The van der Waals surface area contributed by atoms with Gasteiger partial charge in [0.1, 0.15) is 11.9 Å². The maximum Gasteiger partial charge on any atom is 0.262 e. The molecule has 1 unspecified atom stereocenters. The third-order valence-corrected chi connectivity index (χ3v) is 7.44. The summed E-state index contributed by atoms with van der Waals surface area (Å²) in [4.78, 5) is 30.5. The number of hydrogen-bond donors (Lipinski definition) is 3. The molecule has 1 aromatic heterocycles. The van der Waals surface area contributed by atoms with Gasteiger partial charge in [0.2, 0.25) is 5.91 Å². The number of anilines is 1. The van der Waals surface area contributed by atoms with Gasteiger partial charge in [0.05, 0.1) is 9.77 Å². The number of amidine groups is 1. The summed E-state index contributed by atoms with van der Waals surface area (Å²) < 4.78 is 27.9. The Morgan fingerprint density at radius 2 is 1.85 bits per heavy atom. The number of carbonyl (C=O) groups is 2.